The van der Waals surface area contributed by atoms with E-state index in [-0.39, 0.29) is 0 Å². The number of phenols is 1. The number of benzene rings is 2. The fourth-order valence-corrected chi connectivity index (χ4v) is 2.75. The van der Waals surface area contributed by atoms with Crippen molar-refractivity contribution in [3.05, 3.63) is 64.7 Å². The first-order valence-electron chi connectivity index (χ1n) is 6.82. The molecule has 1 N–H and O–H groups in total. The molecule has 0 aromatic heterocycles. The van der Waals surface area contributed by atoms with Crippen molar-refractivity contribution in [2.45, 2.75) is 26.2 Å². The molecule has 96 valence electrons. The summed E-state index contributed by atoms with van der Waals surface area (Å²) in [7, 11) is 0. The van der Waals surface area contributed by atoms with Gasteiger partial charge in [0.05, 0.1) is 0 Å². The maximum Gasteiger partial charge on any atom is 0.115 e. The summed E-state index contributed by atoms with van der Waals surface area (Å²) in [6.07, 6.45) is 5.54. The first-order chi connectivity index (χ1) is 9.22. The van der Waals surface area contributed by atoms with Crippen molar-refractivity contribution >= 4 is 11.6 Å². The van der Waals surface area contributed by atoms with Crippen molar-refractivity contribution in [1.29, 1.82) is 0 Å². The van der Waals surface area contributed by atoms with E-state index in [9.17, 15) is 5.11 Å². The lowest BCUT2D eigenvalue weighted by Gasteiger charge is -2.06. The second-order valence-corrected chi connectivity index (χ2v) is 5.28. The fourth-order valence-electron chi connectivity index (χ4n) is 2.75. The Labute approximate surface area is 114 Å². The van der Waals surface area contributed by atoms with E-state index >= 15 is 0 Å². The van der Waals surface area contributed by atoms with Gasteiger partial charge in [-0.15, -0.1) is 0 Å². The predicted octanol–water partition coefficient (Wildman–Crippen LogP) is 4.58. The number of hydrogen-bond donors (Lipinski definition) is 1. The Hall–Kier alpha value is -2.02. The van der Waals surface area contributed by atoms with Gasteiger partial charge in [-0.1, -0.05) is 42.0 Å². The van der Waals surface area contributed by atoms with Gasteiger partial charge in [0.25, 0.3) is 0 Å². The second-order valence-electron chi connectivity index (χ2n) is 5.28. The third-order valence-corrected chi connectivity index (χ3v) is 3.74. The van der Waals surface area contributed by atoms with E-state index in [1.165, 1.54) is 27.8 Å². The molecule has 0 amide bonds. The minimum absolute atomic E-state index is 0.367. The van der Waals surface area contributed by atoms with Gasteiger partial charge < -0.3 is 5.11 Å². The minimum Gasteiger partial charge on any atom is -0.508 e. The van der Waals surface area contributed by atoms with E-state index in [0.29, 0.717) is 5.75 Å². The lowest BCUT2D eigenvalue weighted by molar-refractivity contribution is 0.474. The van der Waals surface area contributed by atoms with Crippen LogP contribution in [0.4, 0.5) is 0 Å². The molecule has 1 aliphatic carbocycles. The van der Waals surface area contributed by atoms with E-state index in [4.69, 9.17) is 0 Å². The molecule has 19 heavy (non-hydrogen) atoms. The number of allylic oxidation sites excluding steroid dienone is 1. The van der Waals surface area contributed by atoms with Gasteiger partial charge >= 0.3 is 0 Å². The monoisotopic (exact) mass is 250 g/mol. The molecular weight excluding hydrogens is 232 g/mol. The predicted molar refractivity (Wildman–Crippen MR) is 80.1 cm³/mol. The number of aromatic hydroxyl groups is 1. The zero-order chi connectivity index (χ0) is 13.2. The van der Waals surface area contributed by atoms with Crippen LogP contribution in [0, 0.1) is 6.92 Å². The van der Waals surface area contributed by atoms with Crippen molar-refractivity contribution in [2.75, 3.05) is 0 Å². The topological polar surface area (TPSA) is 20.2 Å². The van der Waals surface area contributed by atoms with Gasteiger partial charge in [0.2, 0.25) is 0 Å². The van der Waals surface area contributed by atoms with Gasteiger partial charge in [-0.05, 0) is 60.6 Å². The molecule has 2 aromatic rings. The van der Waals surface area contributed by atoms with E-state index in [0.717, 1.165) is 19.3 Å². The number of rotatable bonds is 1. The highest BCUT2D eigenvalue weighted by Gasteiger charge is 2.10. The number of phenolic OH excluding ortho intramolecular Hbond substituents is 1. The summed E-state index contributed by atoms with van der Waals surface area (Å²) in [6.45, 7) is 2.13. The third kappa shape index (κ3) is 2.55. The molecule has 0 saturated carbocycles. The zero-order valence-corrected chi connectivity index (χ0v) is 11.2. The lowest BCUT2D eigenvalue weighted by Crippen LogP contribution is -1.86. The Kier molecular flexibility index (Phi) is 3.12. The van der Waals surface area contributed by atoms with Crippen molar-refractivity contribution in [3.8, 4) is 5.75 Å². The van der Waals surface area contributed by atoms with Gasteiger partial charge in [-0.25, -0.2) is 0 Å². The van der Waals surface area contributed by atoms with Gasteiger partial charge in [0.15, 0.2) is 0 Å². The molecule has 1 heteroatoms. The SMILES string of the molecule is Cc1cccc(C2=Cc3ccc(O)cc3CCC2)c1. The van der Waals surface area contributed by atoms with Crippen LogP contribution < -0.4 is 0 Å². The first-order valence-corrected chi connectivity index (χ1v) is 6.82. The van der Waals surface area contributed by atoms with Crippen LogP contribution in [0.1, 0.15) is 35.1 Å². The van der Waals surface area contributed by atoms with Gasteiger partial charge in [-0.2, -0.15) is 0 Å². The van der Waals surface area contributed by atoms with Gasteiger partial charge in [0.1, 0.15) is 5.75 Å². The minimum atomic E-state index is 0.367. The summed E-state index contributed by atoms with van der Waals surface area (Å²) in [5, 5.41) is 9.58. The Balaban J connectivity index is 2.05. The number of aryl methyl sites for hydroxylation is 2. The lowest BCUT2D eigenvalue weighted by atomic mass is 9.99. The van der Waals surface area contributed by atoms with Crippen molar-refractivity contribution in [2.24, 2.45) is 0 Å². The quantitative estimate of drug-likeness (QED) is 0.785. The highest BCUT2D eigenvalue weighted by Crippen LogP contribution is 2.31. The van der Waals surface area contributed by atoms with Crippen molar-refractivity contribution in [3.63, 3.8) is 0 Å². The molecule has 0 fully saturated rings. The van der Waals surface area contributed by atoms with Crippen LogP contribution in [0.15, 0.2) is 42.5 Å². The molecular formula is C18H18O. The van der Waals surface area contributed by atoms with Crippen LogP contribution >= 0.6 is 0 Å². The van der Waals surface area contributed by atoms with E-state index in [1.54, 1.807) is 6.07 Å². The summed E-state index contributed by atoms with van der Waals surface area (Å²) in [4.78, 5) is 0. The van der Waals surface area contributed by atoms with Gasteiger partial charge in [-0.3, -0.25) is 0 Å². The zero-order valence-electron chi connectivity index (χ0n) is 11.2. The van der Waals surface area contributed by atoms with Crippen LogP contribution in [0.5, 0.6) is 5.75 Å². The Bertz CT molecular complexity index is 638. The van der Waals surface area contributed by atoms with Crippen LogP contribution in [0.2, 0.25) is 0 Å². The molecule has 3 rings (SSSR count). The highest BCUT2D eigenvalue weighted by atomic mass is 16.3. The molecule has 0 radical (unpaired) electrons. The largest absolute Gasteiger partial charge is 0.508 e. The van der Waals surface area contributed by atoms with E-state index in [1.807, 2.05) is 12.1 Å². The molecule has 0 aliphatic heterocycles. The molecule has 0 atom stereocenters. The van der Waals surface area contributed by atoms with Crippen LogP contribution in [-0.4, -0.2) is 5.11 Å². The van der Waals surface area contributed by atoms with E-state index < -0.39 is 0 Å². The summed E-state index contributed by atoms with van der Waals surface area (Å²) in [5.41, 5.74) is 6.51. The van der Waals surface area contributed by atoms with Crippen molar-refractivity contribution < 1.29 is 5.11 Å². The molecule has 0 bridgehead atoms. The molecule has 2 aromatic carbocycles. The van der Waals surface area contributed by atoms with Gasteiger partial charge in [0, 0.05) is 0 Å². The summed E-state index contributed by atoms with van der Waals surface area (Å²) < 4.78 is 0. The number of hydrogen-bond acceptors (Lipinski definition) is 1. The molecule has 1 aliphatic rings. The summed E-state index contributed by atoms with van der Waals surface area (Å²) >= 11 is 0. The molecule has 0 unspecified atom stereocenters. The molecule has 0 heterocycles. The third-order valence-electron chi connectivity index (χ3n) is 3.74. The average molecular weight is 250 g/mol. The smallest absolute Gasteiger partial charge is 0.115 e. The summed E-state index contributed by atoms with van der Waals surface area (Å²) in [5.74, 6) is 0.367. The normalized spacial score (nSPS) is 14.5. The molecule has 0 spiro atoms. The van der Waals surface area contributed by atoms with Crippen LogP contribution in [0.25, 0.3) is 11.6 Å². The Morgan fingerprint density at radius 3 is 2.74 bits per heavy atom. The molecule has 0 saturated heterocycles. The Morgan fingerprint density at radius 1 is 1.00 bits per heavy atom. The standard InChI is InChI=1S/C18H18O/c1-13-4-2-5-14(10-13)15-6-3-7-16-12-18(19)9-8-17(16)11-15/h2,4-5,8-12,19H,3,6-7H2,1H3. The highest BCUT2D eigenvalue weighted by molar-refractivity contribution is 5.83. The van der Waals surface area contributed by atoms with Crippen LogP contribution in [-0.2, 0) is 6.42 Å². The summed E-state index contributed by atoms with van der Waals surface area (Å²) in [6, 6.07) is 14.4. The van der Waals surface area contributed by atoms with E-state index in [2.05, 4.69) is 37.3 Å². The maximum atomic E-state index is 9.58. The van der Waals surface area contributed by atoms with Crippen molar-refractivity contribution in [1.82, 2.24) is 0 Å². The fraction of sp³-hybridized carbons (Fsp3) is 0.222. The number of fused-ring (bicyclic) bond motifs is 1. The second kappa shape index (κ2) is 4.93. The van der Waals surface area contributed by atoms with Crippen LogP contribution in [0.3, 0.4) is 0 Å². The first kappa shape index (κ1) is 12.0. The average Bonchev–Trinajstić information content (AvgIpc) is 2.60. The molecule has 1 nitrogen and oxygen atoms in total. The maximum absolute atomic E-state index is 9.58. The Morgan fingerprint density at radius 2 is 1.89 bits per heavy atom.